The molecule has 3 rings (SSSR count). The summed E-state index contributed by atoms with van der Waals surface area (Å²) in [5.41, 5.74) is 1.36. The van der Waals surface area contributed by atoms with E-state index >= 15 is 0 Å². The van der Waals surface area contributed by atoms with Crippen LogP contribution >= 0.6 is 0 Å². The van der Waals surface area contributed by atoms with Gasteiger partial charge in [-0.15, -0.1) is 0 Å². The second kappa shape index (κ2) is 5.24. The molecule has 22 heavy (non-hydrogen) atoms. The Morgan fingerprint density at radius 1 is 1.41 bits per heavy atom. The summed E-state index contributed by atoms with van der Waals surface area (Å²) < 4.78 is 5.31. The van der Waals surface area contributed by atoms with E-state index in [-0.39, 0.29) is 25.1 Å². The maximum Gasteiger partial charge on any atom is 0.321 e. The van der Waals surface area contributed by atoms with Crippen molar-refractivity contribution in [2.45, 2.75) is 13.8 Å². The SMILES string of the molecule is Cc1cc(NC(=O)N2C[C@@H]3COC[C@]3(C(=O)O)C2)cc(C)n1. The predicted molar refractivity (Wildman–Crippen MR) is 78.7 cm³/mol. The van der Waals surface area contributed by atoms with Gasteiger partial charge in [0.15, 0.2) is 0 Å². The Labute approximate surface area is 128 Å². The smallest absolute Gasteiger partial charge is 0.321 e. The number of nitrogens with zero attached hydrogens (tertiary/aromatic N) is 2. The first kappa shape index (κ1) is 14.8. The highest BCUT2D eigenvalue weighted by Gasteiger charge is 2.57. The molecule has 7 nitrogen and oxygen atoms in total. The summed E-state index contributed by atoms with van der Waals surface area (Å²) in [6.07, 6.45) is 0. The van der Waals surface area contributed by atoms with Crippen LogP contribution in [0.4, 0.5) is 10.5 Å². The molecule has 7 heteroatoms. The number of likely N-dealkylation sites (tertiary alicyclic amines) is 1. The van der Waals surface area contributed by atoms with Gasteiger partial charge in [0.25, 0.3) is 0 Å². The first-order chi connectivity index (χ1) is 10.4. The molecule has 1 aromatic heterocycles. The lowest BCUT2D eigenvalue weighted by molar-refractivity contribution is -0.149. The molecule has 2 atom stereocenters. The number of urea groups is 1. The maximum atomic E-state index is 12.4. The third-order valence-corrected chi connectivity index (χ3v) is 4.42. The lowest BCUT2D eigenvalue weighted by atomic mass is 9.81. The van der Waals surface area contributed by atoms with E-state index in [1.807, 2.05) is 13.8 Å². The molecule has 3 heterocycles. The Hall–Kier alpha value is -2.15. The lowest BCUT2D eigenvalue weighted by Crippen LogP contribution is -2.41. The minimum absolute atomic E-state index is 0.142. The Bertz CT molecular complexity index is 613. The average Bonchev–Trinajstić information content (AvgIpc) is 2.94. The van der Waals surface area contributed by atoms with E-state index in [0.717, 1.165) is 11.4 Å². The Morgan fingerprint density at radius 2 is 2.09 bits per heavy atom. The molecule has 1 aromatic rings. The fourth-order valence-corrected chi connectivity index (χ4v) is 3.30. The van der Waals surface area contributed by atoms with Gasteiger partial charge in [-0.05, 0) is 26.0 Å². The number of pyridine rings is 1. The van der Waals surface area contributed by atoms with E-state index < -0.39 is 11.4 Å². The van der Waals surface area contributed by atoms with Crippen molar-refractivity contribution < 1.29 is 19.4 Å². The summed E-state index contributed by atoms with van der Waals surface area (Å²) in [5, 5.41) is 12.3. The first-order valence-electron chi connectivity index (χ1n) is 7.23. The summed E-state index contributed by atoms with van der Waals surface area (Å²) in [4.78, 5) is 29.8. The van der Waals surface area contributed by atoms with Crippen molar-refractivity contribution in [3.8, 4) is 0 Å². The molecule has 2 amide bonds. The highest BCUT2D eigenvalue weighted by atomic mass is 16.5. The standard InChI is InChI=1S/C15H19N3O4/c1-9-3-12(4-10(2)16-9)17-14(21)18-5-11-6-22-8-15(11,7-18)13(19)20/h3-4,11H,5-8H2,1-2H3,(H,19,20)(H,16,17,21)/t11-,15-/m1/s1. The van der Waals surface area contributed by atoms with E-state index in [2.05, 4.69) is 10.3 Å². The minimum atomic E-state index is -0.957. The van der Waals surface area contributed by atoms with Gasteiger partial charge in [-0.3, -0.25) is 9.78 Å². The van der Waals surface area contributed by atoms with Crippen LogP contribution in [0, 0.1) is 25.2 Å². The third-order valence-electron chi connectivity index (χ3n) is 4.42. The van der Waals surface area contributed by atoms with Crippen LogP contribution in [0.2, 0.25) is 0 Å². The number of ether oxygens (including phenoxy) is 1. The van der Waals surface area contributed by atoms with E-state index in [1.54, 1.807) is 17.0 Å². The number of carbonyl (C=O) groups is 2. The maximum absolute atomic E-state index is 12.4. The quantitative estimate of drug-likeness (QED) is 0.858. The zero-order valence-corrected chi connectivity index (χ0v) is 12.6. The summed E-state index contributed by atoms with van der Waals surface area (Å²) in [6, 6.07) is 3.30. The molecule has 2 aliphatic heterocycles. The average molecular weight is 305 g/mol. The number of hydrogen-bond donors (Lipinski definition) is 2. The number of rotatable bonds is 2. The van der Waals surface area contributed by atoms with E-state index in [0.29, 0.717) is 18.8 Å². The number of anilines is 1. The molecule has 2 aliphatic rings. The topological polar surface area (TPSA) is 91.8 Å². The second-order valence-corrected chi connectivity index (χ2v) is 6.12. The van der Waals surface area contributed by atoms with E-state index in [9.17, 15) is 14.7 Å². The molecule has 2 saturated heterocycles. The highest BCUT2D eigenvalue weighted by Crippen LogP contribution is 2.41. The fourth-order valence-electron chi connectivity index (χ4n) is 3.30. The Kier molecular flexibility index (Phi) is 3.52. The number of carbonyl (C=O) groups excluding carboxylic acids is 1. The Morgan fingerprint density at radius 3 is 2.68 bits per heavy atom. The number of aliphatic carboxylic acids is 1. The molecule has 0 saturated carbocycles. The monoisotopic (exact) mass is 305 g/mol. The molecule has 0 spiro atoms. The fraction of sp³-hybridized carbons (Fsp3) is 0.533. The van der Waals surface area contributed by atoms with Crippen LogP contribution in [0.15, 0.2) is 12.1 Å². The van der Waals surface area contributed by atoms with Gasteiger partial charge in [-0.25, -0.2) is 4.79 Å². The van der Waals surface area contributed by atoms with Crippen molar-refractivity contribution in [2.75, 3.05) is 31.6 Å². The molecule has 2 fully saturated rings. The molecular formula is C15H19N3O4. The van der Waals surface area contributed by atoms with E-state index in [1.165, 1.54) is 0 Å². The normalized spacial score (nSPS) is 26.8. The zero-order valence-electron chi connectivity index (χ0n) is 12.6. The van der Waals surface area contributed by atoms with Crippen molar-refractivity contribution in [1.82, 2.24) is 9.88 Å². The number of carboxylic acids is 1. The molecule has 0 aliphatic carbocycles. The predicted octanol–water partition coefficient (Wildman–Crippen LogP) is 1.26. The molecule has 118 valence electrons. The number of hydrogen-bond acceptors (Lipinski definition) is 4. The number of aromatic nitrogens is 1. The molecule has 0 unspecified atom stereocenters. The van der Waals surface area contributed by atoms with Gasteiger partial charge in [-0.2, -0.15) is 0 Å². The van der Waals surface area contributed by atoms with Gasteiger partial charge in [-0.1, -0.05) is 0 Å². The van der Waals surface area contributed by atoms with Crippen LogP contribution in [-0.4, -0.2) is 53.3 Å². The van der Waals surface area contributed by atoms with Gasteiger partial charge in [0.05, 0.1) is 13.2 Å². The number of aryl methyl sites for hydroxylation is 2. The van der Waals surface area contributed by atoms with Gasteiger partial charge in [0, 0.05) is 36.1 Å². The van der Waals surface area contributed by atoms with Crippen molar-refractivity contribution in [3.63, 3.8) is 0 Å². The minimum Gasteiger partial charge on any atom is -0.481 e. The number of fused-ring (bicyclic) bond motifs is 1. The van der Waals surface area contributed by atoms with Gasteiger partial charge < -0.3 is 20.1 Å². The van der Waals surface area contributed by atoms with Gasteiger partial charge in [0.2, 0.25) is 0 Å². The lowest BCUT2D eigenvalue weighted by Gasteiger charge is -2.22. The summed E-state index contributed by atoms with van der Waals surface area (Å²) >= 11 is 0. The molecule has 0 radical (unpaired) electrons. The number of carboxylic acid groups (broad SMARTS) is 1. The van der Waals surface area contributed by atoms with Crippen molar-refractivity contribution >= 4 is 17.7 Å². The van der Waals surface area contributed by atoms with Crippen molar-refractivity contribution in [3.05, 3.63) is 23.5 Å². The molecule has 0 aromatic carbocycles. The van der Waals surface area contributed by atoms with Crippen molar-refractivity contribution in [2.24, 2.45) is 11.3 Å². The zero-order chi connectivity index (χ0) is 15.9. The van der Waals surface area contributed by atoms with Gasteiger partial charge >= 0.3 is 12.0 Å². The van der Waals surface area contributed by atoms with Crippen LogP contribution in [0.25, 0.3) is 0 Å². The van der Waals surface area contributed by atoms with Gasteiger partial charge in [0.1, 0.15) is 5.41 Å². The largest absolute Gasteiger partial charge is 0.481 e. The molecule has 0 bridgehead atoms. The number of nitrogens with one attached hydrogen (secondary N) is 1. The highest BCUT2D eigenvalue weighted by molar-refractivity contribution is 5.90. The Balaban J connectivity index is 1.73. The molecule has 2 N–H and O–H groups in total. The van der Waals surface area contributed by atoms with E-state index in [4.69, 9.17) is 4.74 Å². The summed E-state index contributed by atoms with van der Waals surface area (Å²) in [5.74, 6) is -1.03. The van der Waals surface area contributed by atoms with Crippen LogP contribution in [0.1, 0.15) is 11.4 Å². The summed E-state index contributed by atoms with van der Waals surface area (Å²) in [6.45, 7) is 4.87. The van der Waals surface area contributed by atoms with Crippen LogP contribution in [-0.2, 0) is 9.53 Å². The molecular weight excluding hydrogens is 286 g/mol. The van der Waals surface area contributed by atoms with Crippen LogP contribution in [0.5, 0.6) is 0 Å². The van der Waals surface area contributed by atoms with Crippen LogP contribution < -0.4 is 5.32 Å². The second-order valence-electron chi connectivity index (χ2n) is 6.12. The van der Waals surface area contributed by atoms with Crippen molar-refractivity contribution in [1.29, 1.82) is 0 Å². The number of amides is 2. The summed E-state index contributed by atoms with van der Waals surface area (Å²) in [7, 11) is 0. The third kappa shape index (κ3) is 2.41. The van der Waals surface area contributed by atoms with Crippen LogP contribution in [0.3, 0.4) is 0 Å². The first-order valence-corrected chi connectivity index (χ1v) is 7.23.